The number of carbonyl (C=O) groups is 1. The van der Waals surface area contributed by atoms with E-state index in [0.29, 0.717) is 64.5 Å². The molecule has 39 heavy (non-hydrogen) atoms. The van der Waals surface area contributed by atoms with Gasteiger partial charge in [-0.25, -0.2) is 15.0 Å². The van der Waals surface area contributed by atoms with Crippen LogP contribution in [0.25, 0.3) is 21.9 Å². The third-order valence-electron chi connectivity index (χ3n) is 6.56. The maximum Gasteiger partial charge on any atom is 0.256 e. The molecule has 5 aromatic rings. The minimum absolute atomic E-state index is 0.131. The fourth-order valence-corrected chi connectivity index (χ4v) is 4.97. The molecule has 0 saturated carbocycles. The minimum Gasteiger partial charge on any atom is -0.374 e. The first-order chi connectivity index (χ1) is 19.0. The second-order valence-electron chi connectivity index (χ2n) is 9.23. The number of H-pyrrole nitrogens is 1. The Bertz CT molecular complexity index is 1680. The van der Waals surface area contributed by atoms with Gasteiger partial charge in [0.1, 0.15) is 24.0 Å². The average Bonchev–Trinajstić information content (AvgIpc) is 3.63. The lowest BCUT2D eigenvalue weighted by molar-refractivity contribution is 0.0800. The average molecular weight is 559 g/mol. The molecule has 6 rings (SSSR count). The van der Waals surface area contributed by atoms with Crippen LogP contribution in [0.2, 0.25) is 10.0 Å². The third-order valence-corrected chi connectivity index (χ3v) is 7.11. The Hall–Kier alpha value is -3.98. The lowest BCUT2D eigenvalue weighted by atomic mass is 10.1. The van der Waals surface area contributed by atoms with Crippen LogP contribution in [-0.2, 0) is 11.3 Å². The van der Waals surface area contributed by atoms with Crippen LogP contribution in [0.5, 0.6) is 0 Å². The van der Waals surface area contributed by atoms with Gasteiger partial charge in [0.15, 0.2) is 0 Å². The number of hydrogen-bond acceptors (Lipinski definition) is 6. The molecule has 3 heterocycles. The van der Waals surface area contributed by atoms with Crippen LogP contribution < -0.4 is 5.32 Å². The predicted molar refractivity (Wildman–Crippen MR) is 153 cm³/mol. The zero-order chi connectivity index (χ0) is 26.8. The van der Waals surface area contributed by atoms with E-state index in [2.05, 4.69) is 20.3 Å². The van der Waals surface area contributed by atoms with Gasteiger partial charge >= 0.3 is 0 Å². The number of amides is 1. The molecule has 0 bridgehead atoms. The van der Waals surface area contributed by atoms with E-state index in [-0.39, 0.29) is 11.9 Å². The molecule has 0 aliphatic carbocycles. The first-order valence-corrected chi connectivity index (χ1v) is 13.2. The summed E-state index contributed by atoms with van der Waals surface area (Å²) in [5.74, 6) is 1.09. The number of rotatable bonds is 8. The number of nitrogens with one attached hydrogen (secondary N) is 2. The van der Waals surface area contributed by atoms with E-state index < -0.39 is 0 Å². The van der Waals surface area contributed by atoms with E-state index in [0.717, 1.165) is 16.6 Å². The molecule has 2 aromatic heterocycles. The SMILES string of the molecule is O=C(c1cc2ncnc(N[C@@H](COCc3ccccc3)c3nc4cc(Cl)ccc4[nH]3)c2cc1Cl)N1CC=CC1. The molecule has 3 aromatic carbocycles. The van der Waals surface area contributed by atoms with E-state index in [1.165, 1.54) is 6.33 Å². The van der Waals surface area contributed by atoms with Crippen molar-refractivity contribution < 1.29 is 9.53 Å². The van der Waals surface area contributed by atoms with Crippen molar-refractivity contribution in [1.82, 2.24) is 24.8 Å². The Labute approximate surface area is 234 Å². The maximum atomic E-state index is 13.0. The standard InChI is InChI=1S/C29H24Cl2N6O2/c30-19-8-9-23-25(12-19)35-28(34-23)26(16-39-15-18-6-2-1-3-7-18)36-27-21-13-22(31)20(14-24(21)32-17-33-27)29(38)37-10-4-5-11-37/h1-9,12-14,17,26H,10-11,15-16H2,(H,34,35)(H,32,33,36)/t26-/m0/s1. The number of imidazole rings is 1. The highest BCUT2D eigenvalue weighted by Gasteiger charge is 2.23. The summed E-state index contributed by atoms with van der Waals surface area (Å²) in [5, 5.41) is 5.10. The quantitative estimate of drug-likeness (QED) is 0.220. The van der Waals surface area contributed by atoms with Crippen molar-refractivity contribution in [2.75, 3.05) is 25.0 Å². The first kappa shape index (κ1) is 25.3. The number of anilines is 1. The molecule has 8 nitrogen and oxygen atoms in total. The maximum absolute atomic E-state index is 13.0. The Kier molecular flexibility index (Phi) is 7.15. The van der Waals surface area contributed by atoms with Crippen LogP contribution in [-0.4, -0.2) is 50.4 Å². The second kappa shape index (κ2) is 11.0. The van der Waals surface area contributed by atoms with Crippen LogP contribution in [0.3, 0.4) is 0 Å². The van der Waals surface area contributed by atoms with E-state index in [1.807, 2.05) is 60.7 Å². The number of aromatic nitrogens is 4. The van der Waals surface area contributed by atoms with Crippen LogP contribution in [0.15, 0.2) is 79.1 Å². The zero-order valence-corrected chi connectivity index (χ0v) is 22.3. The normalized spacial score (nSPS) is 13.8. The van der Waals surface area contributed by atoms with Gasteiger partial charge in [-0.2, -0.15) is 0 Å². The van der Waals surface area contributed by atoms with Crippen LogP contribution in [0, 0.1) is 0 Å². The topological polar surface area (TPSA) is 96.0 Å². The number of nitrogens with zero attached hydrogens (tertiary/aromatic N) is 4. The molecule has 0 saturated heterocycles. The Morgan fingerprint density at radius 1 is 1.03 bits per heavy atom. The molecule has 1 atom stereocenters. The molecule has 1 aliphatic heterocycles. The summed E-state index contributed by atoms with van der Waals surface area (Å²) in [6, 6.07) is 18.6. The lowest BCUT2D eigenvalue weighted by Gasteiger charge is -2.20. The van der Waals surface area contributed by atoms with Crippen LogP contribution >= 0.6 is 23.2 Å². The summed E-state index contributed by atoms with van der Waals surface area (Å²) in [5.41, 5.74) is 3.70. The van der Waals surface area contributed by atoms with Gasteiger partial charge < -0.3 is 19.9 Å². The number of ether oxygens (including phenoxy) is 1. The van der Waals surface area contributed by atoms with E-state index in [4.69, 9.17) is 32.9 Å². The van der Waals surface area contributed by atoms with Crippen molar-refractivity contribution in [1.29, 1.82) is 0 Å². The molecule has 10 heteroatoms. The third kappa shape index (κ3) is 5.45. The summed E-state index contributed by atoms with van der Waals surface area (Å²) in [4.78, 5) is 31.8. The second-order valence-corrected chi connectivity index (χ2v) is 10.1. The summed E-state index contributed by atoms with van der Waals surface area (Å²) >= 11 is 12.8. The molecule has 0 radical (unpaired) electrons. The Morgan fingerprint density at radius 3 is 2.67 bits per heavy atom. The van der Waals surface area contributed by atoms with Gasteiger partial charge in [-0.3, -0.25) is 4.79 Å². The molecule has 0 fully saturated rings. The Morgan fingerprint density at radius 2 is 1.85 bits per heavy atom. The highest BCUT2D eigenvalue weighted by molar-refractivity contribution is 6.35. The molecule has 2 N–H and O–H groups in total. The van der Waals surface area contributed by atoms with Crippen molar-refractivity contribution in [2.24, 2.45) is 0 Å². The van der Waals surface area contributed by atoms with E-state index in [1.54, 1.807) is 17.0 Å². The van der Waals surface area contributed by atoms with E-state index >= 15 is 0 Å². The van der Waals surface area contributed by atoms with Crippen LogP contribution in [0.1, 0.15) is 27.8 Å². The highest BCUT2D eigenvalue weighted by Crippen LogP contribution is 2.30. The number of benzene rings is 3. The number of halogens is 2. The lowest BCUT2D eigenvalue weighted by Crippen LogP contribution is -2.28. The largest absolute Gasteiger partial charge is 0.374 e. The molecule has 196 valence electrons. The fourth-order valence-electron chi connectivity index (χ4n) is 4.56. The molecular weight excluding hydrogens is 535 g/mol. The van der Waals surface area contributed by atoms with Crippen molar-refractivity contribution >= 4 is 56.9 Å². The number of hydrogen-bond donors (Lipinski definition) is 2. The number of fused-ring (bicyclic) bond motifs is 2. The van der Waals surface area contributed by atoms with Gasteiger partial charge in [0, 0.05) is 23.5 Å². The fraction of sp³-hybridized carbons (Fsp3) is 0.172. The summed E-state index contributed by atoms with van der Waals surface area (Å²) in [7, 11) is 0. The molecule has 0 spiro atoms. The van der Waals surface area contributed by atoms with Gasteiger partial charge in [0.2, 0.25) is 0 Å². The van der Waals surface area contributed by atoms with Gasteiger partial charge in [0.25, 0.3) is 5.91 Å². The number of carbonyl (C=O) groups excluding carboxylic acids is 1. The Balaban J connectivity index is 1.31. The van der Waals surface area contributed by atoms with Crippen molar-refractivity contribution in [2.45, 2.75) is 12.6 Å². The first-order valence-electron chi connectivity index (χ1n) is 12.5. The molecule has 1 amide bonds. The zero-order valence-electron chi connectivity index (χ0n) is 20.8. The molecular formula is C29H24Cl2N6O2. The minimum atomic E-state index is -0.381. The smallest absolute Gasteiger partial charge is 0.256 e. The summed E-state index contributed by atoms with van der Waals surface area (Å²) in [6.45, 7) is 1.88. The highest BCUT2D eigenvalue weighted by atomic mass is 35.5. The van der Waals surface area contributed by atoms with Gasteiger partial charge in [0.05, 0.1) is 40.3 Å². The van der Waals surface area contributed by atoms with Crippen molar-refractivity contribution in [3.05, 3.63) is 106 Å². The van der Waals surface area contributed by atoms with Crippen LogP contribution in [0.4, 0.5) is 5.82 Å². The molecule has 1 aliphatic rings. The monoisotopic (exact) mass is 558 g/mol. The number of aromatic amines is 1. The molecule has 0 unspecified atom stereocenters. The summed E-state index contributed by atoms with van der Waals surface area (Å²) in [6.07, 6.45) is 5.39. The van der Waals surface area contributed by atoms with Gasteiger partial charge in [-0.1, -0.05) is 65.7 Å². The van der Waals surface area contributed by atoms with Crippen molar-refractivity contribution in [3.63, 3.8) is 0 Å². The van der Waals surface area contributed by atoms with Gasteiger partial charge in [-0.05, 0) is 35.9 Å². The van der Waals surface area contributed by atoms with Gasteiger partial charge in [-0.15, -0.1) is 0 Å². The summed E-state index contributed by atoms with van der Waals surface area (Å²) < 4.78 is 6.10. The predicted octanol–water partition coefficient (Wildman–Crippen LogP) is 6.19. The van der Waals surface area contributed by atoms with E-state index in [9.17, 15) is 4.79 Å². The van der Waals surface area contributed by atoms with Crippen molar-refractivity contribution in [3.8, 4) is 0 Å².